The predicted molar refractivity (Wildman–Crippen MR) is 226 cm³/mol. The van der Waals surface area contributed by atoms with Gasteiger partial charge in [-0.1, -0.05) is 143 Å². The molecule has 11 heteroatoms. The lowest BCUT2D eigenvalue weighted by atomic mass is 10.1. The quantitative estimate of drug-likeness (QED) is 0.0240. The molecule has 0 aliphatic rings. The molecule has 10 nitrogen and oxygen atoms in total. The van der Waals surface area contributed by atoms with E-state index in [0.29, 0.717) is 13.0 Å². The van der Waals surface area contributed by atoms with Crippen molar-refractivity contribution in [2.45, 2.75) is 142 Å². The van der Waals surface area contributed by atoms with E-state index in [1.165, 1.54) is 25.7 Å². The minimum atomic E-state index is -4.64. The second kappa shape index (κ2) is 39.1. The molecule has 3 unspecified atom stereocenters. The lowest BCUT2D eigenvalue weighted by molar-refractivity contribution is -0.154. The first-order valence-corrected chi connectivity index (χ1v) is 21.8. The van der Waals surface area contributed by atoms with E-state index in [4.69, 9.17) is 24.8 Å². The SMILES string of the molecule is CC/C=C\C/C=C\C/C=C\C/C=C\CCCCCCCCCOCC(COP(=O)(O)OCC(N)C(=O)O)OC(=O)CC/C=C\C/C=C\C/C=C\C/C=C\CC. The van der Waals surface area contributed by atoms with Crippen LogP contribution in [-0.2, 0) is 32.7 Å². The van der Waals surface area contributed by atoms with Gasteiger partial charge in [-0.05, 0) is 77.0 Å². The van der Waals surface area contributed by atoms with E-state index in [1.54, 1.807) is 0 Å². The first-order valence-electron chi connectivity index (χ1n) is 20.3. The molecule has 55 heavy (non-hydrogen) atoms. The van der Waals surface area contributed by atoms with Gasteiger partial charge in [0.1, 0.15) is 12.1 Å². The van der Waals surface area contributed by atoms with Crippen LogP contribution >= 0.6 is 7.82 Å². The number of carboxylic acids is 1. The molecular formula is C44H72NO9P. The molecule has 0 aromatic heterocycles. The van der Waals surface area contributed by atoms with Crippen LogP contribution in [0.4, 0.5) is 0 Å². The number of carbonyl (C=O) groups is 2. The van der Waals surface area contributed by atoms with Crippen LogP contribution in [0.3, 0.4) is 0 Å². The van der Waals surface area contributed by atoms with Crippen LogP contribution in [0.15, 0.2) is 97.2 Å². The molecule has 0 aromatic carbocycles. The highest BCUT2D eigenvalue weighted by Crippen LogP contribution is 2.43. The van der Waals surface area contributed by atoms with Crippen LogP contribution < -0.4 is 5.73 Å². The number of rotatable bonds is 37. The summed E-state index contributed by atoms with van der Waals surface area (Å²) in [6.45, 7) is 3.50. The first-order chi connectivity index (χ1) is 26.7. The minimum absolute atomic E-state index is 0.0261. The zero-order valence-corrected chi connectivity index (χ0v) is 34.6. The Kier molecular flexibility index (Phi) is 36.9. The molecule has 0 rings (SSSR count). The van der Waals surface area contributed by atoms with Crippen LogP contribution in [0.2, 0.25) is 0 Å². The lowest BCUT2D eigenvalue weighted by Gasteiger charge is -2.20. The molecule has 0 radical (unpaired) electrons. The van der Waals surface area contributed by atoms with Gasteiger partial charge in [0.15, 0.2) is 0 Å². The number of nitrogens with two attached hydrogens (primary N) is 1. The number of carboxylic acid groups (broad SMARTS) is 1. The third kappa shape index (κ3) is 38.9. The minimum Gasteiger partial charge on any atom is -0.480 e. The van der Waals surface area contributed by atoms with E-state index in [9.17, 15) is 19.0 Å². The summed E-state index contributed by atoms with van der Waals surface area (Å²) in [6, 6.07) is -1.49. The van der Waals surface area contributed by atoms with E-state index in [1.807, 2.05) is 12.2 Å². The molecule has 0 bridgehead atoms. The van der Waals surface area contributed by atoms with Gasteiger partial charge in [0.2, 0.25) is 0 Å². The average Bonchev–Trinajstić information content (AvgIpc) is 3.16. The van der Waals surface area contributed by atoms with Gasteiger partial charge >= 0.3 is 19.8 Å². The summed E-state index contributed by atoms with van der Waals surface area (Å²) in [5, 5.41) is 8.88. The Morgan fingerprint density at radius 1 is 0.582 bits per heavy atom. The van der Waals surface area contributed by atoms with Crippen molar-refractivity contribution < 1.29 is 42.7 Å². The summed E-state index contributed by atoms with van der Waals surface area (Å²) in [7, 11) is -4.64. The number of carbonyl (C=O) groups excluding carboxylic acids is 1. The van der Waals surface area contributed by atoms with Crippen LogP contribution in [0.25, 0.3) is 0 Å². The maximum absolute atomic E-state index is 12.5. The van der Waals surface area contributed by atoms with Gasteiger partial charge in [-0.3, -0.25) is 18.6 Å². The monoisotopic (exact) mass is 789 g/mol. The van der Waals surface area contributed by atoms with Gasteiger partial charge in [0.05, 0.1) is 19.8 Å². The third-order valence-corrected chi connectivity index (χ3v) is 8.82. The molecule has 0 aromatic rings. The fourth-order valence-corrected chi connectivity index (χ4v) is 5.56. The number of allylic oxidation sites excluding steroid dienone is 16. The molecule has 0 fully saturated rings. The molecular weight excluding hydrogens is 717 g/mol. The Balaban J connectivity index is 4.37. The zero-order chi connectivity index (χ0) is 40.5. The van der Waals surface area contributed by atoms with Crippen molar-refractivity contribution in [1.29, 1.82) is 0 Å². The molecule has 0 aliphatic carbocycles. The number of hydrogen-bond acceptors (Lipinski definition) is 8. The van der Waals surface area contributed by atoms with Crippen molar-refractivity contribution in [2.75, 3.05) is 26.4 Å². The van der Waals surface area contributed by atoms with Crippen molar-refractivity contribution in [3.05, 3.63) is 97.2 Å². The number of ether oxygens (including phenoxy) is 2. The van der Waals surface area contributed by atoms with Crippen LogP contribution in [0, 0.1) is 0 Å². The Labute approximate surface area is 332 Å². The molecule has 0 heterocycles. The highest BCUT2D eigenvalue weighted by molar-refractivity contribution is 7.47. The smallest absolute Gasteiger partial charge is 0.472 e. The van der Waals surface area contributed by atoms with E-state index in [2.05, 4.69) is 103 Å². The summed E-state index contributed by atoms with van der Waals surface area (Å²) in [6.07, 6.45) is 50.5. The van der Waals surface area contributed by atoms with Crippen LogP contribution in [0.1, 0.15) is 129 Å². The van der Waals surface area contributed by atoms with Gasteiger partial charge in [-0.2, -0.15) is 0 Å². The van der Waals surface area contributed by atoms with E-state index in [-0.39, 0.29) is 13.0 Å². The molecule has 0 saturated carbocycles. The number of esters is 1. The summed E-state index contributed by atoms with van der Waals surface area (Å²) in [4.78, 5) is 33.4. The molecule has 3 atom stereocenters. The molecule has 4 N–H and O–H groups in total. The fourth-order valence-electron chi connectivity index (χ4n) is 4.78. The molecule has 0 aliphatic heterocycles. The maximum atomic E-state index is 12.5. The first kappa shape index (κ1) is 51.9. The average molecular weight is 790 g/mol. The van der Waals surface area contributed by atoms with Crippen molar-refractivity contribution in [2.24, 2.45) is 5.73 Å². The summed E-state index contributed by atoms with van der Waals surface area (Å²) >= 11 is 0. The number of phosphoric acid groups is 1. The molecule has 0 saturated heterocycles. The van der Waals surface area contributed by atoms with Crippen molar-refractivity contribution in [1.82, 2.24) is 0 Å². The summed E-state index contributed by atoms with van der Waals surface area (Å²) < 4.78 is 33.2. The third-order valence-electron chi connectivity index (χ3n) is 7.87. The topological polar surface area (TPSA) is 155 Å². The largest absolute Gasteiger partial charge is 0.480 e. The fraction of sp³-hybridized carbons (Fsp3) is 0.591. The standard InChI is InChI=1S/C44H72NO9P/c1-3-5-7-9-11-13-15-17-18-19-20-21-22-23-25-27-29-31-33-35-37-51-38-41(39-52-55(49,50)53-40-42(45)44(47)48)54-43(46)36-34-32-30-28-26-24-16-14-12-10-8-6-4-2/h5-8,11-14,17-18,20-21,24,26,30,32,41-42H,3-4,9-10,15-16,19,22-23,25,27-29,31,33-40,45H2,1-2H3,(H,47,48)(H,49,50)/b7-5-,8-6-,13-11-,14-12-,18-17-,21-20-,26-24-,32-30-. The number of aliphatic carboxylic acids is 1. The zero-order valence-electron chi connectivity index (χ0n) is 33.7. The van der Waals surface area contributed by atoms with Crippen molar-refractivity contribution in [3.63, 3.8) is 0 Å². The summed E-state index contributed by atoms with van der Waals surface area (Å²) in [5.41, 5.74) is 5.34. The van der Waals surface area contributed by atoms with Gasteiger partial charge in [0, 0.05) is 13.0 Å². The summed E-state index contributed by atoms with van der Waals surface area (Å²) in [5.74, 6) is -1.88. The van der Waals surface area contributed by atoms with E-state index in [0.717, 1.165) is 77.0 Å². The normalized spacial score (nSPS) is 15.0. The Morgan fingerprint density at radius 2 is 1.00 bits per heavy atom. The van der Waals surface area contributed by atoms with Crippen LogP contribution in [-0.4, -0.2) is 60.5 Å². The second-order valence-corrected chi connectivity index (χ2v) is 14.4. The molecule has 312 valence electrons. The number of unbranched alkanes of at least 4 members (excludes halogenated alkanes) is 7. The number of phosphoric ester groups is 1. The van der Waals surface area contributed by atoms with Crippen molar-refractivity contribution in [3.8, 4) is 0 Å². The van der Waals surface area contributed by atoms with Gasteiger partial charge < -0.3 is 25.2 Å². The number of hydrogen-bond donors (Lipinski definition) is 3. The predicted octanol–water partition coefficient (Wildman–Crippen LogP) is 11.0. The van der Waals surface area contributed by atoms with E-state index < -0.39 is 45.1 Å². The lowest BCUT2D eigenvalue weighted by Crippen LogP contribution is -2.34. The maximum Gasteiger partial charge on any atom is 0.472 e. The highest BCUT2D eigenvalue weighted by atomic mass is 31.2. The second-order valence-electron chi connectivity index (χ2n) is 13.0. The van der Waals surface area contributed by atoms with Crippen molar-refractivity contribution >= 4 is 19.8 Å². The Bertz CT molecular complexity index is 1240. The molecule has 0 spiro atoms. The van der Waals surface area contributed by atoms with E-state index >= 15 is 0 Å². The Hall–Kier alpha value is -3.11. The van der Waals surface area contributed by atoms with Gasteiger partial charge in [-0.25, -0.2) is 4.57 Å². The van der Waals surface area contributed by atoms with Gasteiger partial charge in [-0.15, -0.1) is 0 Å². The van der Waals surface area contributed by atoms with Crippen LogP contribution in [0.5, 0.6) is 0 Å². The highest BCUT2D eigenvalue weighted by Gasteiger charge is 2.27. The molecule has 0 amide bonds. The Morgan fingerprint density at radius 3 is 1.49 bits per heavy atom. The van der Waals surface area contributed by atoms with Gasteiger partial charge in [0.25, 0.3) is 0 Å².